The smallest absolute Gasteiger partial charge is 0.292 e. The van der Waals surface area contributed by atoms with E-state index in [9.17, 15) is 0 Å². The van der Waals surface area contributed by atoms with Crippen LogP contribution in [-0.2, 0) is 0 Å². The number of hydrogen-bond donors (Lipinski definition) is 0. The van der Waals surface area contributed by atoms with Gasteiger partial charge in [-0.25, -0.2) is 6.57 Å². The number of alkyl halides is 2. The van der Waals surface area contributed by atoms with Crippen molar-refractivity contribution in [1.82, 2.24) is 0 Å². The molecule has 0 aliphatic rings. The first kappa shape index (κ1) is 7.07. The predicted octanol–water partition coefficient (Wildman–Crippen LogP) is 2.10. The van der Waals surface area contributed by atoms with Gasteiger partial charge in [0.1, 0.15) is 5.88 Å². The number of halogens is 2. The second kappa shape index (κ2) is 2.40. The van der Waals surface area contributed by atoms with Crippen LogP contribution in [0.3, 0.4) is 0 Å². The molecule has 0 aliphatic carbocycles. The first-order valence-electron chi connectivity index (χ1n) is 1.76. The zero-order chi connectivity index (χ0) is 5.91. The van der Waals surface area contributed by atoms with Crippen molar-refractivity contribution in [3.63, 3.8) is 0 Å². The van der Waals surface area contributed by atoms with Gasteiger partial charge >= 0.3 is 5.00 Å². The standard InChI is InChI=1S/C4H5Cl2N/c1-4(6,3-5)7-2/h3H2,1H3. The molecule has 0 N–H and O–H groups in total. The minimum absolute atomic E-state index is 0.179. The van der Waals surface area contributed by atoms with Gasteiger partial charge in [0, 0.05) is 6.92 Å². The molecule has 0 aliphatic heterocycles. The summed E-state index contributed by atoms with van der Waals surface area (Å²) >= 11 is 10.7. The molecular weight excluding hydrogens is 133 g/mol. The molecular formula is C4H5Cl2N. The summed E-state index contributed by atoms with van der Waals surface area (Å²) in [4.78, 5) is 2.14. The summed E-state index contributed by atoms with van der Waals surface area (Å²) in [6.07, 6.45) is 0. The van der Waals surface area contributed by atoms with Gasteiger partial charge in [-0.05, 0) is 11.6 Å². The third-order valence-electron chi connectivity index (χ3n) is 0.477. The van der Waals surface area contributed by atoms with Crippen molar-refractivity contribution >= 4 is 23.2 Å². The highest BCUT2D eigenvalue weighted by Crippen LogP contribution is 2.16. The maximum atomic E-state index is 6.41. The van der Waals surface area contributed by atoms with Crippen molar-refractivity contribution in [3.05, 3.63) is 11.4 Å². The predicted molar refractivity (Wildman–Crippen MR) is 31.6 cm³/mol. The Balaban J connectivity index is 3.66. The van der Waals surface area contributed by atoms with Crippen LogP contribution in [0.2, 0.25) is 0 Å². The third kappa shape index (κ3) is 2.73. The Kier molecular flexibility index (Phi) is 2.42. The first-order valence-corrected chi connectivity index (χ1v) is 2.67. The van der Waals surface area contributed by atoms with Crippen LogP contribution < -0.4 is 0 Å². The summed E-state index contributed by atoms with van der Waals surface area (Å²) in [6.45, 7) is 7.99. The lowest BCUT2D eigenvalue weighted by atomic mass is 10.4. The second-order valence-corrected chi connectivity index (χ2v) is 2.47. The molecule has 1 atom stereocenters. The summed E-state index contributed by atoms with van der Waals surface area (Å²) in [5.41, 5.74) is 0. The molecule has 0 saturated carbocycles. The van der Waals surface area contributed by atoms with E-state index in [4.69, 9.17) is 29.8 Å². The zero-order valence-corrected chi connectivity index (χ0v) is 5.42. The molecule has 3 heteroatoms. The Hall–Kier alpha value is 0.0700. The molecule has 0 amide bonds. The van der Waals surface area contributed by atoms with Crippen LogP contribution in [0.5, 0.6) is 0 Å². The summed E-state index contributed by atoms with van der Waals surface area (Å²) in [5.74, 6) is 0.179. The monoisotopic (exact) mass is 137 g/mol. The van der Waals surface area contributed by atoms with E-state index in [0.717, 1.165) is 0 Å². The fourth-order valence-corrected chi connectivity index (χ4v) is 0.0896. The van der Waals surface area contributed by atoms with E-state index in [1.807, 2.05) is 0 Å². The molecule has 0 aromatic rings. The molecule has 7 heavy (non-hydrogen) atoms. The molecule has 0 bridgehead atoms. The van der Waals surface area contributed by atoms with Crippen LogP contribution in [0.25, 0.3) is 4.85 Å². The molecule has 0 fully saturated rings. The van der Waals surface area contributed by atoms with Crippen molar-refractivity contribution < 1.29 is 0 Å². The van der Waals surface area contributed by atoms with Crippen molar-refractivity contribution in [3.8, 4) is 0 Å². The second-order valence-electron chi connectivity index (χ2n) is 1.39. The molecule has 0 aromatic heterocycles. The van der Waals surface area contributed by atoms with E-state index in [2.05, 4.69) is 4.85 Å². The van der Waals surface area contributed by atoms with Gasteiger partial charge in [-0.1, -0.05) is 0 Å². The topological polar surface area (TPSA) is 4.36 Å². The average molecular weight is 138 g/mol. The fourth-order valence-electron chi connectivity index (χ4n) is 0.0299. The maximum absolute atomic E-state index is 6.41. The van der Waals surface area contributed by atoms with Gasteiger partial charge in [0.15, 0.2) is 0 Å². The molecule has 0 aromatic carbocycles. The van der Waals surface area contributed by atoms with Crippen LogP contribution in [0, 0.1) is 6.57 Å². The molecule has 0 rings (SSSR count). The SMILES string of the molecule is [C-]#[N+]C(C)(Cl)CCl. The average Bonchev–Trinajstić information content (AvgIpc) is 1.68. The first-order chi connectivity index (χ1) is 3.12. The Labute approximate surface area is 53.0 Å². The van der Waals surface area contributed by atoms with Crippen LogP contribution in [0.4, 0.5) is 0 Å². The van der Waals surface area contributed by atoms with E-state index < -0.39 is 5.00 Å². The Morgan fingerprint density at radius 3 is 2.29 bits per heavy atom. The fraction of sp³-hybridized carbons (Fsp3) is 0.750. The molecule has 1 nitrogen and oxygen atoms in total. The van der Waals surface area contributed by atoms with Gasteiger partial charge in [0.2, 0.25) is 0 Å². The largest absolute Gasteiger partial charge is 0.316 e. The summed E-state index contributed by atoms with van der Waals surface area (Å²) in [7, 11) is 0. The highest BCUT2D eigenvalue weighted by atomic mass is 35.5. The van der Waals surface area contributed by atoms with Crippen LogP contribution in [-0.4, -0.2) is 10.9 Å². The van der Waals surface area contributed by atoms with Crippen molar-refractivity contribution in [2.24, 2.45) is 0 Å². The van der Waals surface area contributed by atoms with Gasteiger partial charge in [-0.2, -0.15) is 0 Å². The quantitative estimate of drug-likeness (QED) is 0.297. The lowest BCUT2D eigenvalue weighted by molar-refractivity contribution is 0.885. The van der Waals surface area contributed by atoms with Gasteiger partial charge in [-0.15, -0.1) is 11.6 Å². The Bertz CT molecular complexity index is 92.4. The molecule has 0 saturated heterocycles. The van der Waals surface area contributed by atoms with Crippen LogP contribution in [0.1, 0.15) is 6.92 Å². The Morgan fingerprint density at radius 1 is 1.86 bits per heavy atom. The number of hydrogen-bond acceptors (Lipinski definition) is 0. The molecule has 0 heterocycles. The normalized spacial score (nSPS) is 17.4. The third-order valence-corrected chi connectivity index (χ3v) is 1.35. The van der Waals surface area contributed by atoms with E-state index >= 15 is 0 Å². The molecule has 1 unspecified atom stereocenters. The molecule has 40 valence electrons. The van der Waals surface area contributed by atoms with Crippen LogP contribution >= 0.6 is 23.2 Å². The lowest BCUT2D eigenvalue weighted by Gasteiger charge is -1.99. The number of nitrogens with zero attached hydrogens (tertiary/aromatic N) is 1. The maximum Gasteiger partial charge on any atom is 0.316 e. The number of rotatable bonds is 1. The minimum Gasteiger partial charge on any atom is -0.292 e. The van der Waals surface area contributed by atoms with E-state index in [-0.39, 0.29) is 5.88 Å². The highest BCUT2D eigenvalue weighted by Gasteiger charge is 2.23. The summed E-state index contributed by atoms with van der Waals surface area (Å²) < 4.78 is 0. The van der Waals surface area contributed by atoms with Crippen molar-refractivity contribution in [2.45, 2.75) is 11.9 Å². The summed E-state index contributed by atoms with van der Waals surface area (Å²) in [6, 6.07) is 0. The molecule has 0 spiro atoms. The van der Waals surface area contributed by atoms with Crippen molar-refractivity contribution in [2.75, 3.05) is 5.88 Å². The van der Waals surface area contributed by atoms with Gasteiger partial charge in [0.25, 0.3) is 0 Å². The van der Waals surface area contributed by atoms with Crippen molar-refractivity contribution in [1.29, 1.82) is 0 Å². The zero-order valence-electron chi connectivity index (χ0n) is 3.91. The van der Waals surface area contributed by atoms with E-state index in [0.29, 0.717) is 0 Å². The van der Waals surface area contributed by atoms with E-state index in [1.165, 1.54) is 0 Å². The Morgan fingerprint density at radius 2 is 2.29 bits per heavy atom. The molecule has 0 radical (unpaired) electrons. The van der Waals surface area contributed by atoms with E-state index in [1.54, 1.807) is 6.92 Å². The van der Waals surface area contributed by atoms with Crippen LogP contribution in [0.15, 0.2) is 0 Å². The van der Waals surface area contributed by atoms with Gasteiger partial charge < -0.3 is 0 Å². The van der Waals surface area contributed by atoms with Gasteiger partial charge in [-0.3, -0.25) is 4.85 Å². The lowest BCUT2D eigenvalue weighted by Crippen LogP contribution is -2.10. The highest BCUT2D eigenvalue weighted by molar-refractivity contribution is 6.31. The summed E-state index contributed by atoms with van der Waals surface area (Å²) in [5, 5.41) is 0. The minimum atomic E-state index is -0.887. The van der Waals surface area contributed by atoms with Gasteiger partial charge in [0.05, 0.1) is 0 Å².